The predicted molar refractivity (Wildman–Crippen MR) is 75.7 cm³/mol. The topological polar surface area (TPSA) is 44.4 Å². The molecule has 2 N–H and O–H groups in total. The van der Waals surface area contributed by atoms with Crippen LogP contribution < -0.4 is 10.6 Å². The molecule has 2 atom stereocenters. The Morgan fingerprint density at radius 1 is 1.44 bits per heavy atom. The molecule has 1 fully saturated rings. The Labute approximate surface area is 111 Å². The van der Waals surface area contributed by atoms with Gasteiger partial charge in [0.05, 0.1) is 0 Å². The molecule has 18 heavy (non-hydrogen) atoms. The summed E-state index contributed by atoms with van der Waals surface area (Å²) < 4.78 is 0. The number of hydrogen-bond donors (Lipinski definition) is 2. The number of rotatable bonds is 4. The zero-order valence-electron chi connectivity index (χ0n) is 12.5. The zero-order valence-corrected chi connectivity index (χ0v) is 12.5. The van der Waals surface area contributed by atoms with Gasteiger partial charge in [-0.05, 0) is 33.1 Å². The van der Waals surface area contributed by atoms with Crippen molar-refractivity contribution in [3.63, 3.8) is 0 Å². The van der Waals surface area contributed by atoms with E-state index in [1.807, 2.05) is 20.8 Å². The third kappa shape index (κ3) is 5.71. The average molecular weight is 255 g/mol. The molecule has 0 unspecified atom stereocenters. The Morgan fingerprint density at radius 2 is 2.11 bits per heavy atom. The largest absolute Gasteiger partial charge is 0.334 e. The molecule has 0 aromatic heterocycles. The van der Waals surface area contributed by atoms with Gasteiger partial charge in [0.15, 0.2) is 0 Å². The second-order valence-corrected chi connectivity index (χ2v) is 6.61. The molecule has 1 saturated heterocycles. The van der Waals surface area contributed by atoms with Crippen molar-refractivity contribution < 1.29 is 4.79 Å². The van der Waals surface area contributed by atoms with E-state index in [4.69, 9.17) is 0 Å². The molecule has 0 bridgehead atoms. The van der Waals surface area contributed by atoms with Gasteiger partial charge in [-0.3, -0.25) is 0 Å². The molecule has 4 nitrogen and oxygen atoms in total. The number of carbonyl (C=O) groups excluding carboxylic acids is 1. The summed E-state index contributed by atoms with van der Waals surface area (Å²) >= 11 is 0. The predicted octanol–water partition coefficient (Wildman–Crippen LogP) is 2.20. The van der Waals surface area contributed by atoms with Crippen LogP contribution in [-0.4, -0.2) is 42.1 Å². The number of urea groups is 1. The Balaban J connectivity index is 2.28. The third-order valence-electron chi connectivity index (χ3n) is 3.36. The lowest BCUT2D eigenvalue weighted by atomic mass is 10.1. The molecule has 106 valence electrons. The second-order valence-electron chi connectivity index (χ2n) is 6.61. The van der Waals surface area contributed by atoms with E-state index in [2.05, 4.69) is 29.4 Å². The Kier molecular flexibility index (Phi) is 5.45. The molecule has 0 aromatic rings. The standard InChI is InChI=1S/C14H29N3O/c1-6-11(2)9-17-8-7-12(10-17)15-13(18)16-14(3,4)5/h11-12H,6-10H2,1-5H3,(H2,15,16,18)/t11-,12-/m0/s1. The van der Waals surface area contributed by atoms with Crippen LogP contribution in [0.15, 0.2) is 0 Å². The van der Waals surface area contributed by atoms with Crippen molar-refractivity contribution in [2.75, 3.05) is 19.6 Å². The van der Waals surface area contributed by atoms with Crippen molar-refractivity contribution in [3.8, 4) is 0 Å². The maximum Gasteiger partial charge on any atom is 0.315 e. The van der Waals surface area contributed by atoms with Crippen molar-refractivity contribution in [3.05, 3.63) is 0 Å². The number of amides is 2. The summed E-state index contributed by atoms with van der Waals surface area (Å²) in [6.07, 6.45) is 2.28. The first-order valence-corrected chi connectivity index (χ1v) is 7.11. The first kappa shape index (κ1) is 15.3. The minimum absolute atomic E-state index is 0.0436. The molecule has 0 radical (unpaired) electrons. The quantitative estimate of drug-likeness (QED) is 0.809. The summed E-state index contributed by atoms with van der Waals surface area (Å²) in [5, 5.41) is 6.01. The summed E-state index contributed by atoms with van der Waals surface area (Å²) in [5.74, 6) is 0.743. The SMILES string of the molecule is CC[C@H](C)CN1CC[C@H](NC(=O)NC(C)(C)C)C1. The van der Waals surface area contributed by atoms with E-state index in [0.29, 0.717) is 6.04 Å². The van der Waals surface area contributed by atoms with Crippen LogP contribution in [0, 0.1) is 5.92 Å². The van der Waals surface area contributed by atoms with Gasteiger partial charge < -0.3 is 15.5 Å². The van der Waals surface area contributed by atoms with E-state index in [1.165, 1.54) is 6.42 Å². The normalized spacial score (nSPS) is 22.8. The summed E-state index contributed by atoms with van der Waals surface area (Å²) in [4.78, 5) is 14.2. The summed E-state index contributed by atoms with van der Waals surface area (Å²) in [6, 6.07) is 0.259. The maximum absolute atomic E-state index is 11.8. The van der Waals surface area contributed by atoms with Gasteiger partial charge in [0.25, 0.3) is 0 Å². The first-order valence-electron chi connectivity index (χ1n) is 7.11. The zero-order chi connectivity index (χ0) is 13.8. The molecule has 0 saturated carbocycles. The van der Waals surface area contributed by atoms with Crippen molar-refractivity contribution >= 4 is 6.03 Å². The van der Waals surface area contributed by atoms with Crippen molar-refractivity contribution in [2.24, 2.45) is 5.92 Å². The number of nitrogens with zero attached hydrogens (tertiary/aromatic N) is 1. The molecule has 0 aromatic carbocycles. The highest BCUT2D eigenvalue weighted by molar-refractivity contribution is 5.75. The van der Waals surface area contributed by atoms with Gasteiger partial charge in [-0.1, -0.05) is 20.3 Å². The second kappa shape index (κ2) is 6.41. The van der Waals surface area contributed by atoms with Gasteiger partial charge in [0.2, 0.25) is 0 Å². The van der Waals surface area contributed by atoms with Crippen molar-refractivity contribution in [2.45, 2.75) is 59.0 Å². The summed E-state index contributed by atoms with van der Waals surface area (Å²) in [7, 11) is 0. The Bertz CT molecular complexity index is 273. The van der Waals surface area contributed by atoms with Crippen LogP contribution in [0.1, 0.15) is 47.5 Å². The lowest BCUT2D eigenvalue weighted by Gasteiger charge is -2.23. The average Bonchev–Trinajstić information content (AvgIpc) is 2.62. The lowest BCUT2D eigenvalue weighted by Crippen LogP contribution is -2.50. The highest BCUT2D eigenvalue weighted by Crippen LogP contribution is 2.13. The molecule has 1 rings (SSSR count). The monoisotopic (exact) mass is 255 g/mol. The number of hydrogen-bond acceptors (Lipinski definition) is 2. The molecule has 0 spiro atoms. The fraction of sp³-hybridized carbons (Fsp3) is 0.929. The molecule has 4 heteroatoms. The van der Waals surface area contributed by atoms with E-state index < -0.39 is 0 Å². The maximum atomic E-state index is 11.8. The van der Waals surface area contributed by atoms with Crippen LogP contribution in [0.4, 0.5) is 4.79 Å². The first-order chi connectivity index (χ1) is 8.30. The molecule has 1 aliphatic rings. The smallest absolute Gasteiger partial charge is 0.315 e. The van der Waals surface area contributed by atoms with Gasteiger partial charge in [-0.2, -0.15) is 0 Å². The Hall–Kier alpha value is -0.770. The lowest BCUT2D eigenvalue weighted by molar-refractivity contribution is 0.226. The minimum Gasteiger partial charge on any atom is -0.334 e. The molecular weight excluding hydrogens is 226 g/mol. The van der Waals surface area contributed by atoms with Gasteiger partial charge in [-0.25, -0.2) is 4.79 Å². The molecule has 2 amide bonds. The van der Waals surface area contributed by atoms with Crippen LogP contribution in [0.3, 0.4) is 0 Å². The van der Waals surface area contributed by atoms with Crippen LogP contribution in [0.25, 0.3) is 0 Å². The summed E-state index contributed by atoms with van der Waals surface area (Å²) in [6.45, 7) is 13.7. The number of likely N-dealkylation sites (tertiary alicyclic amines) is 1. The minimum atomic E-state index is -0.168. The number of carbonyl (C=O) groups is 1. The molecular formula is C14H29N3O. The van der Waals surface area contributed by atoms with Crippen LogP contribution in [0.5, 0.6) is 0 Å². The Morgan fingerprint density at radius 3 is 2.67 bits per heavy atom. The highest BCUT2D eigenvalue weighted by atomic mass is 16.2. The van der Waals surface area contributed by atoms with E-state index in [9.17, 15) is 4.79 Å². The van der Waals surface area contributed by atoms with E-state index in [1.54, 1.807) is 0 Å². The van der Waals surface area contributed by atoms with E-state index in [0.717, 1.165) is 32.0 Å². The van der Waals surface area contributed by atoms with Crippen molar-refractivity contribution in [1.29, 1.82) is 0 Å². The van der Waals surface area contributed by atoms with Crippen LogP contribution >= 0.6 is 0 Å². The van der Waals surface area contributed by atoms with Gasteiger partial charge in [-0.15, -0.1) is 0 Å². The molecule has 1 aliphatic heterocycles. The van der Waals surface area contributed by atoms with Gasteiger partial charge in [0, 0.05) is 31.2 Å². The summed E-state index contributed by atoms with van der Waals surface area (Å²) in [5.41, 5.74) is -0.168. The van der Waals surface area contributed by atoms with Gasteiger partial charge >= 0.3 is 6.03 Å². The third-order valence-corrected chi connectivity index (χ3v) is 3.36. The highest BCUT2D eigenvalue weighted by Gasteiger charge is 2.25. The molecule has 0 aliphatic carbocycles. The van der Waals surface area contributed by atoms with E-state index in [-0.39, 0.29) is 11.6 Å². The fourth-order valence-corrected chi connectivity index (χ4v) is 2.25. The number of nitrogens with one attached hydrogen (secondary N) is 2. The van der Waals surface area contributed by atoms with Crippen LogP contribution in [0.2, 0.25) is 0 Å². The van der Waals surface area contributed by atoms with Crippen LogP contribution in [-0.2, 0) is 0 Å². The van der Waals surface area contributed by atoms with Crippen molar-refractivity contribution in [1.82, 2.24) is 15.5 Å². The van der Waals surface area contributed by atoms with E-state index >= 15 is 0 Å². The van der Waals surface area contributed by atoms with Gasteiger partial charge in [0.1, 0.15) is 0 Å². The fourth-order valence-electron chi connectivity index (χ4n) is 2.25. The molecule has 1 heterocycles.